The molecule has 3 rings (SSSR count). The highest BCUT2D eigenvalue weighted by Crippen LogP contribution is 2.25. The summed E-state index contributed by atoms with van der Waals surface area (Å²) in [7, 11) is -6.83. The maximum absolute atomic E-state index is 13.3. The summed E-state index contributed by atoms with van der Waals surface area (Å²) in [5.41, 5.74) is 0.941. The van der Waals surface area contributed by atoms with Crippen LogP contribution in [0.1, 0.15) is 41.6 Å². The predicted octanol–water partition coefficient (Wildman–Crippen LogP) is 1.98. The molecule has 0 spiro atoms. The number of hydrogen-bond donors (Lipinski definition) is 0. The number of aryl methyl sites for hydroxylation is 1. The molecule has 2 saturated heterocycles. The molecule has 9 heteroatoms. The van der Waals surface area contributed by atoms with Crippen molar-refractivity contribution in [2.45, 2.75) is 43.5 Å². The van der Waals surface area contributed by atoms with E-state index in [1.54, 1.807) is 19.1 Å². The van der Waals surface area contributed by atoms with Gasteiger partial charge in [0.05, 0.1) is 16.4 Å². The average molecular weight is 441 g/mol. The first-order valence-electron chi connectivity index (χ1n) is 9.89. The summed E-state index contributed by atoms with van der Waals surface area (Å²) in [4.78, 5) is 14.9. The van der Waals surface area contributed by atoms with Crippen LogP contribution in [0.5, 0.6) is 0 Å². The number of amides is 1. The Morgan fingerprint density at radius 1 is 1.28 bits per heavy atom. The molecule has 2 aliphatic rings. The molecule has 0 saturated carbocycles. The van der Waals surface area contributed by atoms with E-state index < -0.39 is 25.9 Å². The van der Waals surface area contributed by atoms with E-state index in [0.717, 1.165) is 19.3 Å². The summed E-state index contributed by atoms with van der Waals surface area (Å²) < 4.78 is 51.3. The first kappa shape index (κ1) is 22.0. The first-order chi connectivity index (χ1) is 13.7. The second-order valence-electron chi connectivity index (χ2n) is 7.74. The number of hydrogen-bond acceptors (Lipinski definition) is 5. The number of sulfone groups is 1. The topological polar surface area (TPSA) is 91.8 Å². The number of carbonyl (C=O) groups is 1. The molecule has 1 unspecified atom stereocenters. The van der Waals surface area contributed by atoms with Crippen LogP contribution in [0, 0.1) is 6.92 Å². The average Bonchev–Trinajstić information content (AvgIpc) is 3.06. The molecule has 0 aromatic heterocycles. The van der Waals surface area contributed by atoms with Crippen molar-refractivity contribution in [2.24, 2.45) is 0 Å². The molecule has 1 aromatic rings. The van der Waals surface area contributed by atoms with E-state index in [0.29, 0.717) is 25.1 Å². The highest BCUT2D eigenvalue weighted by molar-refractivity contribution is 7.91. The van der Waals surface area contributed by atoms with Crippen molar-refractivity contribution in [3.63, 3.8) is 0 Å². The third-order valence-corrected chi connectivity index (χ3v) is 9.27. The van der Waals surface area contributed by atoms with Gasteiger partial charge >= 0.3 is 0 Å². The third-order valence-electron chi connectivity index (χ3n) is 5.63. The van der Waals surface area contributed by atoms with Gasteiger partial charge in [0, 0.05) is 31.2 Å². The van der Waals surface area contributed by atoms with E-state index in [1.807, 2.05) is 0 Å². The Morgan fingerprint density at radius 2 is 1.97 bits per heavy atom. The third kappa shape index (κ3) is 4.73. The van der Waals surface area contributed by atoms with E-state index >= 15 is 0 Å². The van der Waals surface area contributed by atoms with Gasteiger partial charge in [-0.1, -0.05) is 18.6 Å². The van der Waals surface area contributed by atoms with Crippen molar-refractivity contribution in [3.05, 3.63) is 42.0 Å². The van der Waals surface area contributed by atoms with E-state index in [9.17, 15) is 21.6 Å². The number of rotatable bonds is 6. The first-order valence-corrected chi connectivity index (χ1v) is 13.1. The highest BCUT2D eigenvalue weighted by atomic mass is 32.2. The van der Waals surface area contributed by atoms with Crippen LogP contribution < -0.4 is 0 Å². The van der Waals surface area contributed by atoms with E-state index in [2.05, 4.69) is 6.58 Å². The normalized spacial score (nSPS) is 22.3. The number of sulfonamides is 1. The molecule has 160 valence electrons. The molecule has 2 fully saturated rings. The Morgan fingerprint density at radius 3 is 2.55 bits per heavy atom. The lowest BCUT2D eigenvalue weighted by molar-refractivity contribution is 0.0719. The van der Waals surface area contributed by atoms with Gasteiger partial charge in [-0.15, -0.1) is 6.58 Å². The molecule has 0 N–H and O–H groups in total. The molecular formula is C20H28N2O5S2. The largest absolute Gasteiger partial charge is 0.331 e. The van der Waals surface area contributed by atoms with Gasteiger partial charge in [0.2, 0.25) is 10.0 Å². The Hall–Kier alpha value is -1.71. The Bertz CT molecular complexity index is 996. The van der Waals surface area contributed by atoms with Gasteiger partial charge in [-0.05, 0) is 43.9 Å². The zero-order valence-electron chi connectivity index (χ0n) is 16.7. The lowest BCUT2D eigenvalue weighted by Crippen LogP contribution is -2.41. The molecule has 0 radical (unpaired) electrons. The van der Waals surface area contributed by atoms with Gasteiger partial charge in [0.1, 0.15) is 0 Å². The molecule has 29 heavy (non-hydrogen) atoms. The lowest BCUT2D eigenvalue weighted by atomic mass is 10.1. The molecule has 1 aromatic carbocycles. The van der Waals surface area contributed by atoms with Crippen LogP contribution in [-0.2, 0) is 19.9 Å². The number of nitrogens with zero attached hydrogens (tertiary/aromatic N) is 2. The Balaban J connectivity index is 1.93. The van der Waals surface area contributed by atoms with Crippen molar-refractivity contribution < 1.29 is 21.6 Å². The smallest absolute Gasteiger partial charge is 0.254 e. The molecule has 2 aliphatic heterocycles. The minimum absolute atomic E-state index is 0.0565. The predicted molar refractivity (Wildman–Crippen MR) is 112 cm³/mol. The van der Waals surface area contributed by atoms with Crippen molar-refractivity contribution in [2.75, 3.05) is 31.1 Å². The van der Waals surface area contributed by atoms with Gasteiger partial charge in [0.15, 0.2) is 9.84 Å². The minimum atomic E-state index is -3.66. The van der Waals surface area contributed by atoms with E-state index in [4.69, 9.17) is 0 Å². The maximum Gasteiger partial charge on any atom is 0.254 e. The molecule has 2 heterocycles. The summed E-state index contributed by atoms with van der Waals surface area (Å²) in [5.74, 6) is -0.376. The number of carbonyl (C=O) groups excluding carboxylic acids is 1. The SMILES string of the molecule is C=CCN(C(=O)c1cc(S(=O)(=O)N2CCCCC2)ccc1C)C1CCS(=O)(=O)C1. The van der Waals surface area contributed by atoms with E-state index in [1.165, 1.54) is 21.3 Å². The van der Waals surface area contributed by atoms with Crippen LogP contribution >= 0.6 is 0 Å². The van der Waals surface area contributed by atoms with Crippen LogP contribution in [0.3, 0.4) is 0 Å². The number of piperidine rings is 1. The summed E-state index contributed by atoms with van der Waals surface area (Å²) in [6, 6.07) is 4.18. The molecule has 1 amide bonds. The second-order valence-corrected chi connectivity index (χ2v) is 11.9. The zero-order valence-corrected chi connectivity index (χ0v) is 18.3. The van der Waals surface area contributed by atoms with Crippen LogP contribution in [0.15, 0.2) is 35.7 Å². The van der Waals surface area contributed by atoms with Crippen molar-refractivity contribution in [1.29, 1.82) is 0 Å². The molecular weight excluding hydrogens is 412 g/mol. The summed E-state index contributed by atoms with van der Waals surface area (Å²) in [6.07, 6.45) is 4.63. The van der Waals surface area contributed by atoms with Crippen LogP contribution in [0.2, 0.25) is 0 Å². The molecule has 7 nitrogen and oxygen atoms in total. The maximum atomic E-state index is 13.3. The second kappa shape index (κ2) is 8.57. The van der Waals surface area contributed by atoms with Crippen LogP contribution in [0.25, 0.3) is 0 Å². The van der Waals surface area contributed by atoms with Crippen molar-refractivity contribution in [3.8, 4) is 0 Å². The lowest BCUT2D eigenvalue weighted by Gasteiger charge is -2.29. The quantitative estimate of drug-likeness (QED) is 0.631. The van der Waals surface area contributed by atoms with Crippen LogP contribution in [-0.4, -0.2) is 69.1 Å². The Kier molecular flexibility index (Phi) is 6.50. The fraction of sp³-hybridized carbons (Fsp3) is 0.550. The number of benzene rings is 1. The van der Waals surface area contributed by atoms with Gasteiger partial charge in [-0.25, -0.2) is 16.8 Å². The molecule has 1 atom stereocenters. The minimum Gasteiger partial charge on any atom is -0.331 e. The van der Waals surface area contributed by atoms with Crippen LogP contribution in [0.4, 0.5) is 0 Å². The monoisotopic (exact) mass is 440 g/mol. The van der Waals surface area contributed by atoms with Crippen molar-refractivity contribution in [1.82, 2.24) is 9.21 Å². The summed E-state index contributed by atoms with van der Waals surface area (Å²) in [5, 5.41) is 0. The zero-order chi connectivity index (χ0) is 21.2. The molecule has 0 bridgehead atoms. The standard InChI is InChI=1S/C20H28N2O5S2/c1-3-10-22(17-9-13-28(24,25)15-17)20(23)19-14-18(8-7-16(19)2)29(26,27)21-11-5-4-6-12-21/h3,7-8,14,17H,1,4-6,9-13,15H2,2H3. The highest BCUT2D eigenvalue weighted by Gasteiger charge is 2.35. The fourth-order valence-corrected chi connectivity index (χ4v) is 7.23. The van der Waals surface area contributed by atoms with Crippen molar-refractivity contribution >= 4 is 25.8 Å². The molecule has 0 aliphatic carbocycles. The van der Waals surface area contributed by atoms with Gasteiger partial charge in [-0.2, -0.15) is 4.31 Å². The van der Waals surface area contributed by atoms with Gasteiger partial charge in [-0.3, -0.25) is 4.79 Å². The Labute approximate surface area is 173 Å². The van der Waals surface area contributed by atoms with E-state index in [-0.39, 0.29) is 34.4 Å². The summed E-state index contributed by atoms with van der Waals surface area (Å²) >= 11 is 0. The fourth-order valence-electron chi connectivity index (χ4n) is 3.96. The summed E-state index contributed by atoms with van der Waals surface area (Å²) in [6.45, 7) is 6.62. The van der Waals surface area contributed by atoms with Gasteiger partial charge < -0.3 is 4.90 Å². The van der Waals surface area contributed by atoms with Gasteiger partial charge in [0.25, 0.3) is 5.91 Å².